The highest BCUT2D eigenvalue weighted by Crippen LogP contribution is 1.98. The van der Waals surface area contributed by atoms with E-state index in [1.165, 1.54) is 0 Å². The number of nitrogens with zero attached hydrogens (tertiary/aromatic N) is 1. The van der Waals surface area contributed by atoms with Crippen molar-refractivity contribution in [2.45, 2.75) is 13.3 Å². The van der Waals surface area contributed by atoms with E-state index in [1.54, 1.807) is 6.92 Å². The monoisotopic (exact) mass is 220 g/mol. The second-order valence-electron chi connectivity index (χ2n) is 3.68. The molecule has 14 heavy (non-hydrogen) atoms. The van der Waals surface area contributed by atoms with Crippen LogP contribution in [0.3, 0.4) is 0 Å². The Bertz CT molecular complexity index is 246. The van der Waals surface area contributed by atoms with Crippen LogP contribution in [0, 0.1) is 0 Å². The number of rotatable bonds is 5. The van der Waals surface area contributed by atoms with Crippen molar-refractivity contribution in [2.24, 2.45) is 0 Å². The topological polar surface area (TPSA) is 49.4 Å². The molecule has 0 radical (unpaired) electrons. The van der Waals surface area contributed by atoms with Crippen LogP contribution in [0.4, 0.5) is 0 Å². The molecule has 0 aromatic rings. The maximum Gasteiger partial charge on any atom is 0.150 e. The maximum absolute atomic E-state index is 11.2. The number of hydrogen-bond acceptors (Lipinski definition) is 4. The summed E-state index contributed by atoms with van der Waals surface area (Å²) in [6, 6.07) is 0. The van der Waals surface area contributed by atoms with Crippen molar-refractivity contribution in [3.05, 3.63) is 0 Å². The van der Waals surface area contributed by atoms with Crippen LogP contribution >= 0.6 is 0 Å². The van der Waals surface area contributed by atoms with E-state index >= 15 is 0 Å². The van der Waals surface area contributed by atoms with Gasteiger partial charge in [0.15, 0.2) is 0 Å². The van der Waals surface area contributed by atoms with Gasteiger partial charge in [-0.1, -0.05) is 6.92 Å². The first-order valence-electron chi connectivity index (χ1n) is 5.27. The van der Waals surface area contributed by atoms with Gasteiger partial charge in [0.05, 0.1) is 5.75 Å². The number of nitrogens with one attached hydrogen (secondary N) is 1. The van der Waals surface area contributed by atoms with Gasteiger partial charge in [0.2, 0.25) is 0 Å². The largest absolute Gasteiger partial charge is 0.314 e. The van der Waals surface area contributed by atoms with Gasteiger partial charge < -0.3 is 10.2 Å². The molecular formula is C9H20N2O2S. The van der Waals surface area contributed by atoms with E-state index in [9.17, 15) is 8.42 Å². The Balaban J connectivity index is 2.14. The summed E-state index contributed by atoms with van der Waals surface area (Å²) in [6.45, 7) is 6.78. The predicted molar refractivity (Wildman–Crippen MR) is 58.3 cm³/mol. The van der Waals surface area contributed by atoms with Crippen molar-refractivity contribution in [2.75, 3.05) is 44.2 Å². The Hall–Kier alpha value is -0.130. The van der Waals surface area contributed by atoms with Crippen molar-refractivity contribution < 1.29 is 8.42 Å². The van der Waals surface area contributed by atoms with Crippen LogP contribution in [0.5, 0.6) is 0 Å². The summed E-state index contributed by atoms with van der Waals surface area (Å²) < 4.78 is 22.4. The van der Waals surface area contributed by atoms with Crippen LogP contribution in [-0.4, -0.2) is 57.5 Å². The molecule has 0 aromatic heterocycles. The highest BCUT2D eigenvalue weighted by Gasteiger charge is 2.11. The molecule has 5 heteroatoms. The minimum absolute atomic E-state index is 0.272. The molecule has 0 atom stereocenters. The van der Waals surface area contributed by atoms with E-state index < -0.39 is 9.84 Å². The number of sulfone groups is 1. The SMILES string of the molecule is CCS(=O)(=O)CCCN1CCNCC1. The second-order valence-corrected chi connectivity index (χ2v) is 6.15. The molecule has 0 saturated carbocycles. The zero-order valence-corrected chi connectivity index (χ0v) is 9.65. The third kappa shape index (κ3) is 4.39. The standard InChI is InChI=1S/C9H20N2O2S/c1-2-14(12,13)9-3-6-11-7-4-10-5-8-11/h10H,2-9H2,1H3. The zero-order valence-electron chi connectivity index (χ0n) is 8.83. The van der Waals surface area contributed by atoms with E-state index in [2.05, 4.69) is 10.2 Å². The van der Waals surface area contributed by atoms with Crippen LogP contribution in [0.25, 0.3) is 0 Å². The normalized spacial score (nSPS) is 19.8. The summed E-state index contributed by atoms with van der Waals surface area (Å²) in [4.78, 5) is 2.32. The predicted octanol–water partition coefficient (Wildman–Crippen LogP) is -0.284. The zero-order chi connectivity index (χ0) is 10.4. The highest BCUT2D eigenvalue weighted by atomic mass is 32.2. The van der Waals surface area contributed by atoms with Gasteiger partial charge in [-0.15, -0.1) is 0 Å². The third-order valence-electron chi connectivity index (χ3n) is 2.58. The Morgan fingerprint density at radius 2 is 1.93 bits per heavy atom. The van der Waals surface area contributed by atoms with Crippen LogP contribution in [0.15, 0.2) is 0 Å². The van der Waals surface area contributed by atoms with Crippen LogP contribution in [0.2, 0.25) is 0 Å². The van der Waals surface area contributed by atoms with Gasteiger partial charge in [0.1, 0.15) is 9.84 Å². The van der Waals surface area contributed by atoms with Gasteiger partial charge in [0.25, 0.3) is 0 Å². The summed E-state index contributed by atoms with van der Waals surface area (Å²) in [5, 5.41) is 3.27. The Morgan fingerprint density at radius 1 is 1.29 bits per heavy atom. The quantitative estimate of drug-likeness (QED) is 0.692. The minimum atomic E-state index is -2.76. The van der Waals surface area contributed by atoms with Crippen LogP contribution < -0.4 is 5.32 Å². The van der Waals surface area contributed by atoms with Crippen molar-refractivity contribution in [3.63, 3.8) is 0 Å². The van der Waals surface area contributed by atoms with E-state index in [0.717, 1.165) is 39.1 Å². The van der Waals surface area contributed by atoms with E-state index in [1.807, 2.05) is 0 Å². The number of hydrogen-bond donors (Lipinski definition) is 1. The molecule has 1 saturated heterocycles. The molecular weight excluding hydrogens is 200 g/mol. The molecule has 0 unspecified atom stereocenters. The molecule has 1 N–H and O–H groups in total. The fourth-order valence-electron chi connectivity index (χ4n) is 1.59. The van der Waals surface area contributed by atoms with Crippen molar-refractivity contribution in [1.29, 1.82) is 0 Å². The summed E-state index contributed by atoms with van der Waals surface area (Å²) in [6.07, 6.45) is 0.774. The lowest BCUT2D eigenvalue weighted by atomic mass is 10.3. The molecule has 1 rings (SSSR count). The molecule has 0 spiro atoms. The average Bonchev–Trinajstić information content (AvgIpc) is 2.19. The Labute approximate surface area is 86.6 Å². The lowest BCUT2D eigenvalue weighted by Crippen LogP contribution is -2.44. The lowest BCUT2D eigenvalue weighted by molar-refractivity contribution is 0.242. The summed E-state index contributed by atoms with van der Waals surface area (Å²) in [5.74, 6) is 0.613. The Morgan fingerprint density at radius 3 is 2.50 bits per heavy atom. The second kappa shape index (κ2) is 5.68. The van der Waals surface area contributed by atoms with Crippen molar-refractivity contribution in [3.8, 4) is 0 Å². The molecule has 0 amide bonds. The van der Waals surface area contributed by atoms with Crippen LogP contribution in [-0.2, 0) is 9.84 Å². The molecule has 0 aliphatic carbocycles. The molecule has 4 nitrogen and oxygen atoms in total. The van der Waals surface area contributed by atoms with Gasteiger partial charge in [-0.2, -0.15) is 0 Å². The molecule has 0 bridgehead atoms. The molecule has 84 valence electrons. The van der Waals surface area contributed by atoms with Gasteiger partial charge in [0, 0.05) is 31.9 Å². The van der Waals surface area contributed by atoms with Crippen LogP contribution in [0.1, 0.15) is 13.3 Å². The lowest BCUT2D eigenvalue weighted by Gasteiger charge is -2.26. The molecule has 1 aliphatic rings. The first-order valence-corrected chi connectivity index (χ1v) is 7.09. The first-order chi connectivity index (χ1) is 6.64. The highest BCUT2D eigenvalue weighted by molar-refractivity contribution is 7.91. The molecule has 0 aromatic carbocycles. The van der Waals surface area contributed by atoms with E-state index in [-0.39, 0.29) is 5.75 Å². The smallest absolute Gasteiger partial charge is 0.150 e. The van der Waals surface area contributed by atoms with Crippen molar-refractivity contribution in [1.82, 2.24) is 10.2 Å². The van der Waals surface area contributed by atoms with E-state index in [4.69, 9.17) is 0 Å². The summed E-state index contributed by atoms with van der Waals surface area (Å²) in [5.41, 5.74) is 0. The first kappa shape index (κ1) is 11.9. The maximum atomic E-state index is 11.2. The summed E-state index contributed by atoms with van der Waals surface area (Å²) >= 11 is 0. The van der Waals surface area contributed by atoms with Crippen molar-refractivity contribution >= 4 is 9.84 Å². The molecule has 1 heterocycles. The average molecular weight is 220 g/mol. The third-order valence-corrected chi connectivity index (χ3v) is 4.37. The van der Waals surface area contributed by atoms with Gasteiger partial charge in [-0.3, -0.25) is 0 Å². The molecule has 1 aliphatic heterocycles. The van der Waals surface area contributed by atoms with Gasteiger partial charge in [-0.05, 0) is 13.0 Å². The number of piperazine rings is 1. The Kier molecular flexibility index (Phi) is 4.84. The van der Waals surface area contributed by atoms with E-state index in [0.29, 0.717) is 5.75 Å². The summed E-state index contributed by atoms with van der Waals surface area (Å²) in [7, 11) is -2.76. The minimum Gasteiger partial charge on any atom is -0.314 e. The van der Waals surface area contributed by atoms with Gasteiger partial charge >= 0.3 is 0 Å². The fourth-order valence-corrected chi connectivity index (χ4v) is 2.44. The fraction of sp³-hybridized carbons (Fsp3) is 1.00. The van der Waals surface area contributed by atoms with Gasteiger partial charge in [-0.25, -0.2) is 8.42 Å². The molecule has 1 fully saturated rings.